The molecule has 2 nitrogen and oxygen atoms in total. The maximum absolute atomic E-state index is 6.30. The SMILES string of the molecule is CCNC(c1ccc(Cl)s1)C1(OCC)CCC(C)CC1. The number of nitrogens with one attached hydrogen (secondary N) is 1. The number of halogens is 1. The number of hydrogen-bond acceptors (Lipinski definition) is 3. The molecule has 1 aliphatic carbocycles. The van der Waals surface area contributed by atoms with E-state index >= 15 is 0 Å². The highest BCUT2D eigenvalue weighted by molar-refractivity contribution is 7.16. The van der Waals surface area contributed by atoms with Crippen LogP contribution in [-0.2, 0) is 4.74 Å². The molecule has 1 aromatic rings. The van der Waals surface area contributed by atoms with Gasteiger partial charge in [-0.3, -0.25) is 0 Å². The molecule has 4 heteroatoms. The first-order chi connectivity index (χ1) is 9.61. The summed E-state index contributed by atoms with van der Waals surface area (Å²) in [6.07, 6.45) is 4.77. The predicted octanol–water partition coefficient (Wildman–Crippen LogP) is 5.04. The highest BCUT2D eigenvalue weighted by Crippen LogP contribution is 2.45. The molecular weight excluding hydrogens is 290 g/mol. The summed E-state index contributed by atoms with van der Waals surface area (Å²) in [4.78, 5) is 1.31. The van der Waals surface area contributed by atoms with Crippen molar-refractivity contribution in [1.29, 1.82) is 0 Å². The Labute approximate surface area is 131 Å². The van der Waals surface area contributed by atoms with Crippen LogP contribution >= 0.6 is 22.9 Å². The second-order valence-electron chi connectivity index (χ2n) is 5.81. The van der Waals surface area contributed by atoms with Crippen molar-refractivity contribution < 1.29 is 4.74 Å². The largest absolute Gasteiger partial charge is 0.373 e. The zero-order valence-corrected chi connectivity index (χ0v) is 14.3. The van der Waals surface area contributed by atoms with Crippen LogP contribution in [0.25, 0.3) is 0 Å². The molecule has 2 rings (SSSR count). The Balaban J connectivity index is 2.27. The fourth-order valence-corrected chi connectivity index (χ4v) is 4.53. The van der Waals surface area contributed by atoms with E-state index in [1.807, 2.05) is 6.07 Å². The average Bonchev–Trinajstić information content (AvgIpc) is 2.85. The standard InChI is InChI=1S/C16H26ClNOS/c1-4-18-15(13-6-7-14(17)20-13)16(19-5-2)10-8-12(3)9-11-16/h6-7,12,15,18H,4-5,8-11H2,1-3H3. The number of ether oxygens (including phenoxy) is 1. The van der Waals surface area contributed by atoms with Crippen LogP contribution in [0.3, 0.4) is 0 Å². The molecule has 0 aliphatic heterocycles. The van der Waals surface area contributed by atoms with Crippen LogP contribution in [0.5, 0.6) is 0 Å². The second-order valence-corrected chi connectivity index (χ2v) is 7.56. The molecule has 1 unspecified atom stereocenters. The van der Waals surface area contributed by atoms with Crippen LogP contribution in [-0.4, -0.2) is 18.8 Å². The zero-order valence-electron chi connectivity index (χ0n) is 12.7. The minimum Gasteiger partial charge on any atom is -0.373 e. The van der Waals surface area contributed by atoms with Gasteiger partial charge in [-0.25, -0.2) is 0 Å². The van der Waals surface area contributed by atoms with Crippen LogP contribution in [0, 0.1) is 5.92 Å². The Hall–Kier alpha value is -0.0900. The van der Waals surface area contributed by atoms with Crippen LogP contribution in [0.2, 0.25) is 4.34 Å². The van der Waals surface area contributed by atoms with E-state index in [1.54, 1.807) is 11.3 Å². The third kappa shape index (κ3) is 3.56. The summed E-state index contributed by atoms with van der Waals surface area (Å²) >= 11 is 7.82. The van der Waals surface area contributed by atoms with Crippen LogP contribution in [0.15, 0.2) is 12.1 Å². The van der Waals surface area contributed by atoms with Crippen LogP contribution in [0.4, 0.5) is 0 Å². The molecule has 20 heavy (non-hydrogen) atoms. The van der Waals surface area contributed by atoms with Crippen molar-refractivity contribution in [3.8, 4) is 0 Å². The summed E-state index contributed by atoms with van der Waals surface area (Å²) in [7, 11) is 0. The molecule has 0 bridgehead atoms. The van der Waals surface area contributed by atoms with Crippen molar-refractivity contribution in [3.05, 3.63) is 21.3 Å². The van der Waals surface area contributed by atoms with Crippen LogP contribution < -0.4 is 5.32 Å². The second kappa shape index (κ2) is 7.26. The Bertz CT molecular complexity index is 412. The first-order valence-electron chi connectivity index (χ1n) is 7.74. The zero-order chi connectivity index (χ0) is 14.6. The van der Waals surface area contributed by atoms with Crippen molar-refractivity contribution in [2.45, 2.75) is 58.1 Å². The topological polar surface area (TPSA) is 21.3 Å². The average molecular weight is 316 g/mol. The molecule has 1 saturated carbocycles. The monoisotopic (exact) mass is 315 g/mol. The maximum atomic E-state index is 6.30. The summed E-state index contributed by atoms with van der Waals surface area (Å²) in [6, 6.07) is 4.41. The molecule has 0 radical (unpaired) electrons. The summed E-state index contributed by atoms with van der Waals surface area (Å²) in [5, 5.41) is 3.65. The molecule has 1 fully saturated rings. The van der Waals surface area contributed by atoms with E-state index in [9.17, 15) is 0 Å². The number of hydrogen-bond donors (Lipinski definition) is 1. The first kappa shape index (κ1) is 16.3. The smallest absolute Gasteiger partial charge is 0.0931 e. The Morgan fingerprint density at radius 3 is 2.60 bits per heavy atom. The Kier molecular flexibility index (Phi) is 5.91. The molecule has 0 aromatic carbocycles. The van der Waals surface area contributed by atoms with E-state index in [0.717, 1.165) is 36.2 Å². The lowest BCUT2D eigenvalue weighted by molar-refractivity contribution is -0.0966. The lowest BCUT2D eigenvalue weighted by atomic mass is 9.74. The first-order valence-corrected chi connectivity index (χ1v) is 8.93. The van der Waals surface area contributed by atoms with E-state index in [4.69, 9.17) is 16.3 Å². The van der Waals surface area contributed by atoms with Gasteiger partial charge in [0.15, 0.2) is 0 Å². The van der Waals surface area contributed by atoms with Gasteiger partial charge in [0.05, 0.1) is 16.0 Å². The summed E-state index contributed by atoms with van der Waals surface area (Å²) < 4.78 is 7.16. The van der Waals surface area contributed by atoms with E-state index in [2.05, 4.69) is 32.2 Å². The molecule has 1 atom stereocenters. The molecule has 114 valence electrons. The van der Waals surface area contributed by atoms with Gasteiger partial charge in [0, 0.05) is 11.5 Å². The van der Waals surface area contributed by atoms with Gasteiger partial charge in [-0.05, 0) is 57.2 Å². The summed E-state index contributed by atoms with van der Waals surface area (Å²) in [6.45, 7) is 8.33. The quantitative estimate of drug-likeness (QED) is 0.794. The van der Waals surface area contributed by atoms with E-state index in [-0.39, 0.29) is 11.6 Å². The van der Waals surface area contributed by atoms with E-state index in [1.165, 1.54) is 17.7 Å². The van der Waals surface area contributed by atoms with Crippen LogP contribution in [0.1, 0.15) is 57.4 Å². The van der Waals surface area contributed by atoms with Gasteiger partial charge in [-0.1, -0.05) is 25.4 Å². The fraction of sp³-hybridized carbons (Fsp3) is 0.750. The van der Waals surface area contributed by atoms with Crippen molar-refractivity contribution in [2.75, 3.05) is 13.2 Å². The lowest BCUT2D eigenvalue weighted by Gasteiger charge is -2.44. The van der Waals surface area contributed by atoms with Gasteiger partial charge < -0.3 is 10.1 Å². The molecule has 0 saturated heterocycles. The number of rotatable bonds is 6. The molecule has 1 aromatic heterocycles. The highest BCUT2D eigenvalue weighted by Gasteiger charge is 2.43. The van der Waals surface area contributed by atoms with E-state index in [0.29, 0.717) is 0 Å². The third-order valence-corrected chi connectivity index (χ3v) is 5.66. The third-order valence-electron chi connectivity index (χ3n) is 4.37. The van der Waals surface area contributed by atoms with Gasteiger partial charge in [0.2, 0.25) is 0 Å². The lowest BCUT2D eigenvalue weighted by Crippen LogP contribution is -2.48. The van der Waals surface area contributed by atoms with Gasteiger partial charge in [0.1, 0.15) is 0 Å². The molecule has 0 spiro atoms. The fourth-order valence-electron chi connectivity index (χ4n) is 3.29. The van der Waals surface area contributed by atoms with Crippen molar-refractivity contribution >= 4 is 22.9 Å². The Morgan fingerprint density at radius 1 is 1.40 bits per heavy atom. The summed E-state index contributed by atoms with van der Waals surface area (Å²) in [5.74, 6) is 0.817. The maximum Gasteiger partial charge on any atom is 0.0931 e. The van der Waals surface area contributed by atoms with Gasteiger partial charge >= 0.3 is 0 Å². The van der Waals surface area contributed by atoms with Crippen molar-refractivity contribution in [2.24, 2.45) is 5.92 Å². The number of thiophene rings is 1. The highest BCUT2D eigenvalue weighted by atomic mass is 35.5. The van der Waals surface area contributed by atoms with Crippen molar-refractivity contribution in [1.82, 2.24) is 5.32 Å². The minimum absolute atomic E-state index is 0.0640. The van der Waals surface area contributed by atoms with Gasteiger partial charge in [0.25, 0.3) is 0 Å². The molecule has 1 N–H and O–H groups in total. The Morgan fingerprint density at radius 2 is 2.10 bits per heavy atom. The predicted molar refractivity (Wildman–Crippen MR) is 87.7 cm³/mol. The molecular formula is C16H26ClNOS. The van der Waals surface area contributed by atoms with Crippen molar-refractivity contribution in [3.63, 3.8) is 0 Å². The molecule has 0 amide bonds. The summed E-state index contributed by atoms with van der Waals surface area (Å²) in [5.41, 5.74) is -0.0640. The van der Waals surface area contributed by atoms with E-state index < -0.39 is 0 Å². The molecule has 1 aliphatic rings. The normalized spacial score (nSPS) is 28.5. The number of likely N-dealkylation sites (N-methyl/N-ethyl adjacent to an activating group) is 1. The van der Waals surface area contributed by atoms with Gasteiger partial charge in [-0.2, -0.15) is 0 Å². The molecule has 1 heterocycles. The minimum atomic E-state index is -0.0640. The van der Waals surface area contributed by atoms with Gasteiger partial charge in [-0.15, -0.1) is 11.3 Å².